The lowest BCUT2D eigenvalue weighted by atomic mass is 10.2. The minimum absolute atomic E-state index is 0.393. The lowest BCUT2D eigenvalue weighted by Gasteiger charge is -2.19. The summed E-state index contributed by atoms with van der Waals surface area (Å²) in [5.41, 5.74) is 0.413. The molecule has 0 atom stereocenters. The maximum Gasteiger partial charge on any atom is 0.407 e. The van der Waals surface area contributed by atoms with Gasteiger partial charge in [0, 0.05) is 6.54 Å². The molecule has 0 heterocycles. The van der Waals surface area contributed by atoms with Crippen molar-refractivity contribution in [3.05, 3.63) is 37.0 Å². The van der Waals surface area contributed by atoms with Gasteiger partial charge in [0.25, 0.3) is 0 Å². The van der Waals surface area contributed by atoms with E-state index < -0.39 is 11.7 Å². The van der Waals surface area contributed by atoms with Crippen molar-refractivity contribution in [2.45, 2.75) is 40.2 Å². The van der Waals surface area contributed by atoms with Gasteiger partial charge in [0.1, 0.15) is 5.60 Å². The maximum atomic E-state index is 11.3. The Kier molecular flexibility index (Phi) is 10.2. The number of nitrogens with one attached hydrogen (secondary N) is 1. The number of alkyl carbamates (subject to hydrolysis) is 1. The van der Waals surface area contributed by atoms with Gasteiger partial charge in [0.2, 0.25) is 0 Å². The van der Waals surface area contributed by atoms with Gasteiger partial charge in [-0.25, -0.2) is 4.79 Å². The van der Waals surface area contributed by atoms with E-state index in [4.69, 9.17) is 4.74 Å². The zero-order valence-electron chi connectivity index (χ0n) is 11.7. The van der Waals surface area contributed by atoms with Gasteiger partial charge in [-0.05, 0) is 26.3 Å². The van der Waals surface area contributed by atoms with Crippen LogP contribution >= 0.6 is 0 Å². The molecular formula is C14H25NO2. The van der Waals surface area contributed by atoms with Gasteiger partial charge in [-0.2, -0.15) is 0 Å². The van der Waals surface area contributed by atoms with Crippen LogP contribution in [-0.4, -0.2) is 18.2 Å². The van der Waals surface area contributed by atoms with Crippen molar-refractivity contribution >= 4 is 6.09 Å². The molecule has 0 aliphatic carbocycles. The zero-order chi connectivity index (χ0) is 13.9. The molecule has 17 heavy (non-hydrogen) atoms. The number of carbonyl (C=O) groups is 1. The van der Waals surface area contributed by atoms with E-state index in [1.54, 1.807) is 18.2 Å². The number of hydrogen-bond donors (Lipinski definition) is 1. The van der Waals surface area contributed by atoms with Crippen LogP contribution in [0.2, 0.25) is 0 Å². The number of carbonyl (C=O) groups excluding carboxylic acids is 1. The van der Waals surface area contributed by atoms with Crippen LogP contribution in [0.25, 0.3) is 0 Å². The quantitative estimate of drug-likeness (QED) is 0.757. The molecule has 3 nitrogen and oxygen atoms in total. The summed E-state index contributed by atoms with van der Waals surface area (Å²) >= 11 is 0. The highest BCUT2D eigenvalue weighted by Gasteiger charge is 2.15. The lowest BCUT2D eigenvalue weighted by molar-refractivity contribution is 0.0533. The summed E-state index contributed by atoms with van der Waals surface area (Å²) in [5, 5.41) is 2.63. The molecule has 0 rings (SSSR count). The highest BCUT2D eigenvalue weighted by atomic mass is 16.6. The first kappa shape index (κ1) is 17.9. The molecule has 0 aromatic heterocycles. The van der Waals surface area contributed by atoms with Crippen molar-refractivity contribution in [1.82, 2.24) is 5.32 Å². The molecule has 0 spiro atoms. The van der Waals surface area contributed by atoms with Crippen LogP contribution in [0.5, 0.6) is 0 Å². The number of amides is 1. The molecule has 0 aliphatic heterocycles. The van der Waals surface area contributed by atoms with E-state index in [9.17, 15) is 4.79 Å². The minimum atomic E-state index is -0.472. The lowest BCUT2D eigenvalue weighted by Crippen LogP contribution is -2.33. The Balaban J connectivity index is 0. The van der Waals surface area contributed by atoms with E-state index in [0.717, 1.165) is 5.57 Å². The van der Waals surface area contributed by atoms with E-state index in [-0.39, 0.29) is 0 Å². The molecule has 0 aliphatic rings. The smallest absolute Gasteiger partial charge is 0.407 e. The van der Waals surface area contributed by atoms with Crippen molar-refractivity contribution in [2.75, 3.05) is 6.54 Å². The van der Waals surface area contributed by atoms with Crippen molar-refractivity contribution in [2.24, 2.45) is 0 Å². The van der Waals surface area contributed by atoms with Crippen LogP contribution in [0.4, 0.5) is 4.79 Å². The Morgan fingerprint density at radius 2 is 1.82 bits per heavy atom. The molecule has 0 saturated carbocycles. The highest BCUT2D eigenvalue weighted by molar-refractivity contribution is 5.68. The SMILES string of the molecule is C=C/C=C(\C=C)CNC(=O)OC(C)(C)C.CC. The molecule has 98 valence electrons. The second-order valence-electron chi connectivity index (χ2n) is 4.04. The van der Waals surface area contributed by atoms with E-state index in [2.05, 4.69) is 18.5 Å². The standard InChI is InChI=1S/C12H19NO2.C2H6/c1-6-8-10(7-2)9-13-11(14)15-12(3,4)5;1-2/h6-8H,1-2,9H2,3-5H3,(H,13,14);1-2H3/b10-8+;. The Labute approximate surface area is 105 Å². The predicted molar refractivity (Wildman–Crippen MR) is 74.1 cm³/mol. The van der Waals surface area contributed by atoms with Crippen molar-refractivity contribution in [1.29, 1.82) is 0 Å². The van der Waals surface area contributed by atoms with E-state index in [1.165, 1.54) is 0 Å². The zero-order valence-corrected chi connectivity index (χ0v) is 11.7. The first-order valence-electron chi connectivity index (χ1n) is 5.80. The fraction of sp³-hybridized carbons (Fsp3) is 0.500. The third kappa shape index (κ3) is 12.4. The molecule has 0 saturated heterocycles. The Bertz CT molecular complexity index is 272. The van der Waals surface area contributed by atoms with Gasteiger partial charge in [-0.15, -0.1) is 0 Å². The number of allylic oxidation sites excluding steroid dienone is 2. The maximum absolute atomic E-state index is 11.3. The summed E-state index contributed by atoms with van der Waals surface area (Å²) in [7, 11) is 0. The average Bonchev–Trinajstić information content (AvgIpc) is 2.24. The predicted octanol–water partition coefficient (Wildman–Crippen LogP) is 3.84. The highest BCUT2D eigenvalue weighted by Crippen LogP contribution is 2.06. The molecule has 1 amide bonds. The molecule has 0 radical (unpaired) electrons. The minimum Gasteiger partial charge on any atom is -0.444 e. The number of ether oxygens (including phenoxy) is 1. The summed E-state index contributed by atoms with van der Waals surface area (Å²) < 4.78 is 5.07. The largest absolute Gasteiger partial charge is 0.444 e. The number of rotatable bonds is 4. The molecule has 1 N–H and O–H groups in total. The Hall–Kier alpha value is -1.51. The van der Waals surface area contributed by atoms with Crippen LogP contribution in [0.15, 0.2) is 37.0 Å². The fourth-order valence-electron chi connectivity index (χ4n) is 0.839. The molecule has 0 aromatic carbocycles. The van der Waals surface area contributed by atoms with Gasteiger partial charge >= 0.3 is 6.09 Å². The van der Waals surface area contributed by atoms with Crippen molar-refractivity contribution in [3.63, 3.8) is 0 Å². The van der Waals surface area contributed by atoms with Crippen LogP contribution in [0, 0.1) is 0 Å². The molecule has 0 fully saturated rings. The van der Waals surface area contributed by atoms with Crippen molar-refractivity contribution in [3.8, 4) is 0 Å². The second kappa shape index (κ2) is 9.70. The molecule has 3 heteroatoms. The molecular weight excluding hydrogens is 214 g/mol. The van der Waals surface area contributed by atoms with Crippen LogP contribution in [0.1, 0.15) is 34.6 Å². The third-order valence-corrected chi connectivity index (χ3v) is 1.43. The van der Waals surface area contributed by atoms with Crippen LogP contribution in [0.3, 0.4) is 0 Å². The van der Waals surface area contributed by atoms with Crippen LogP contribution < -0.4 is 5.32 Å². The van der Waals surface area contributed by atoms with Gasteiger partial charge in [-0.1, -0.05) is 45.2 Å². The van der Waals surface area contributed by atoms with E-state index >= 15 is 0 Å². The Morgan fingerprint density at radius 3 is 2.18 bits per heavy atom. The van der Waals surface area contributed by atoms with Gasteiger partial charge < -0.3 is 10.1 Å². The number of hydrogen-bond acceptors (Lipinski definition) is 2. The van der Waals surface area contributed by atoms with Gasteiger partial charge in [0.15, 0.2) is 0 Å². The second-order valence-corrected chi connectivity index (χ2v) is 4.04. The summed E-state index contributed by atoms with van der Waals surface area (Å²) in [6.07, 6.45) is 4.66. The van der Waals surface area contributed by atoms with Crippen molar-refractivity contribution < 1.29 is 9.53 Å². The topological polar surface area (TPSA) is 38.3 Å². The fourth-order valence-corrected chi connectivity index (χ4v) is 0.839. The first-order chi connectivity index (χ1) is 7.89. The molecule has 0 bridgehead atoms. The monoisotopic (exact) mass is 239 g/mol. The van der Waals surface area contributed by atoms with E-state index in [0.29, 0.717) is 6.54 Å². The molecule has 0 unspecified atom stereocenters. The van der Waals surface area contributed by atoms with Crippen LogP contribution in [-0.2, 0) is 4.74 Å². The summed E-state index contributed by atoms with van der Waals surface area (Å²) in [6, 6.07) is 0. The normalized spacial score (nSPS) is 10.8. The van der Waals surface area contributed by atoms with Gasteiger partial charge in [0.05, 0.1) is 0 Å². The summed E-state index contributed by atoms with van der Waals surface area (Å²) in [5.74, 6) is 0. The molecule has 0 aromatic rings. The average molecular weight is 239 g/mol. The van der Waals surface area contributed by atoms with E-state index in [1.807, 2.05) is 34.6 Å². The first-order valence-corrected chi connectivity index (χ1v) is 5.80. The summed E-state index contributed by atoms with van der Waals surface area (Å²) in [6.45, 7) is 17.0. The summed E-state index contributed by atoms with van der Waals surface area (Å²) in [4.78, 5) is 11.3. The van der Waals surface area contributed by atoms with Gasteiger partial charge in [-0.3, -0.25) is 0 Å². The third-order valence-electron chi connectivity index (χ3n) is 1.43. The Morgan fingerprint density at radius 1 is 1.29 bits per heavy atom.